The van der Waals surface area contributed by atoms with Gasteiger partial charge in [-0.3, -0.25) is 9.59 Å². The number of hydrogen-bond donors (Lipinski definition) is 2. The van der Waals surface area contributed by atoms with Crippen LogP contribution in [0.3, 0.4) is 0 Å². The first-order valence-corrected chi connectivity index (χ1v) is 8.60. The van der Waals surface area contributed by atoms with Crippen LogP contribution in [0.25, 0.3) is 0 Å². The molecule has 25 heavy (non-hydrogen) atoms. The van der Waals surface area contributed by atoms with E-state index in [1.807, 2.05) is 19.1 Å². The zero-order chi connectivity index (χ0) is 17.8. The third-order valence-corrected chi connectivity index (χ3v) is 4.20. The average Bonchev–Trinajstić information content (AvgIpc) is 3.44. The van der Waals surface area contributed by atoms with Crippen LogP contribution >= 0.6 is 11.6 Å². The maximum Gasteiger partial charge on any atom is 0.255 e. The summed E-state index contributed by atoms with van der Waals surface area (Å²) in [6, 6.07) is 12.0. The van der Waals surface area contributed by atoms with Crippen LogP contribution < -0.4 is 15.4 Å². The van der Waals surface area contributed by atoms with Gasteiger partial charge < -0.3 is 15.4 Å². The van der Waals surface area contributed by atoms with Crippen LogP contribution in [0.15, 0.2) is 42.5 Å². The molecule has 130 valence electrons. The monoisotopic (exact) mass is 358 g/mol. The molecule has 0 bridgehead atoms. The van der Waals surface area contributed by atoms with Gasteiger partial charge >= 0.3 is 0 Å². The minimum atomic E-state index is -0.300. The van der Waals surface area contributed by atoms with Crippen molar-refractivity contribution in [3.05, 3.63) is 53.1 Å². The number of carbonyl (C=O) groups is 2. The molecule has 5 nitrogen and oxygen atoms in total. The molecule has 2 amide bonds. The summed E-state index contributed by atoms with van der Waals surface area (Å²) < 4.78 is 5.51. The zero-order valence-corrected chi connectivity index (χ0v) is 14.6. The average molecular weight is 359 g/mol. The van der Waals surface area contributed by atoms with Crippen LogP contribution in [-0.4, -0.2) is 18.4 Å². The highest BCUT2D eigenvalue weighted by atomic mass is 35.5. The molecule has 0 atom stereocenters. The Balaban J connectivity index is 1.77. The van der Waals surface area contributed by atoms with E-state index in [4.69, 9.17) is 16.3 Å². The van der Waals surface area contributed by atoms with Crippen LogP contribution in [-0.2, 0) is 4.79 Å². The Bertz CT molecular complexity index is 803. The molecule has 0 aliphatic heterocycles. The summed E-state index contributed by atoms with van der Waals surface area (Å²) in [4.78, 5) is 24.5. The Labute approximate surface area is 151 Å². The highest BCUT2D eigenvalue weighted by molar-refractivity contribution is 6.34. The predicted octanol–water partition coefficient (Wildman–Crippen LogP) is 4.34. The Morgan fingerprint density at radius 1 is 1.12 bits per heavy atom. The number of rotatable bonds is 6. The number of hydrogen-bond acceptors (Lipinski definition) is 3. The summed E-state index contributed by atoms with van der Waals surface area (Å²) in [6.07, 6.45) is 1.80. The van der Waals surface area contributed by atoms with Gasteiger partial charge in [0.1, 0.15) is 5.75 Å². The molecule has 0 saturated heterocycles. The molecule has 6 heteroatoms. The second-order valence-electron chi connectivity index (χ2n) is 5.84. The molecule has 3 rings (SSSR count). The van der Waals surface area contributed by atoms with Crippen molar-refractivity contribution in [2.75, 3.05) is 17.2 Å². The largest absolute Gasteiger partial charge is 0.492 e. The highest BCUT2D eigenvalue weighted by Gasteiger charge is 2.30. The number of benzene rings is 2. The summed E-state index contributed by atoms with van der Waals surface area (Å²) in [7, 11) is 0. The number of para-hydroxylation sites is 2. The van der Waals surface area contributed by atoms with E-state index in [1.54, 1.807) is 30.3 Å². The maximum absolute atomic E-state index is 12.5. The van der Waals surface area contributed by atoms with Crippen LogP contribution in [0.1, 0.15) is 30.1 Å². The number of amides is 2. The number of ether oxygens (including phenoxy) is 1. The van der Waals surface area contributed by atoms with E-state index in [9.17, 15) is 9.59 Å². The molecule has 2 N–H and O–H groups in total. The SMILES string of the molecule is CCOc1ccccc1NC(=O)c1ccc(Cl)c(NC(=O)C2CC2)c1. The predicted molar refractivity (Wildman–Crippen MR) is 98.4 cm³/mol. The fourth-order valence-electron chi connectivity index (χ4n) is 2.39. The Morgan fingerprint density at radius 3 is 2.60 bits per heavy atom. The molecule has 1 aliphatic rings. The molecule has 0 radical (unpaired) electrons. The van der Waals surface area contributed by atoms with Crippen LogP contribution in [0.2, 0.25) is 5.02 Å². The fraction of sp³-hybridized carbons (Fsp3) is 0.263. The molecule has 2 aromatic rings. The van der Waals surface area contributed by atoms with Gasteiger partial charge in [0.25, 0.3) is 5.91 Å². The van der Waals surface area contributed by atoms with Crippen molar-refractivity contribution in [3.8, 4) is 5.75 Å². The van der Waals surface area contributed by atoms with Crippen molar-refractivity contribution in [2.24, 2.45) is 5.92 Å². The summed E-state index contributed by atoms with van der Waals surface area (Å²) in [5, 5.41) is 6.02. The van der Waals surface area contributed by atoms with E-state index in [2.05, 4.69) is 10.6 Å². The lowest BCUT2D eigenvalue weighted by atomic mass is 10.1. The van der Waals surface area contributed by atoms with E-state index in [0.717, 1.165) is 12.8 Å². The Hall–Kier alpha value is -2.53. The van der Waals surface area contributed by atoms with Crippen LogP contribution in [0, 0.1) is 5.92 Å². The van der Waals surface area contributed by atoms with Crippen molar-refractivity contribution in [1.29, 1.82) is 0 Å². The Morgan fingerprint density at radius 2 is 1.88 bits per heavy atom. The van der Waals surface area contributed by atoms with Crippen molar-refractivity contribution in [3.63, 3.8) is 0 Å². The van der Waals surface area contributed by atoms with Crippen LogP contribution in [0.5, 0.6) is 5.75 Å². The topological polar surface area (TPSA) is 67.4 Å². The van der Waals surface area contributed by atoms with Gasteiger partial charge in [-0.25, -0.2) is 0 Å². The summed E-state index contributed by atoms with van der Waals surface area (Å²) in [6.45, 7) is 2.39. The van der Waals surface area contributed by atoms with E-state index < -0.39 is 0 Å². The quantitative estimate of drug-likeness (QED) is 0.807. The number of carbonyl (C=O) groups excluding carboxylic acids is 2. The maximum atomic E-state index is 12.5. The third-order valence-electron chi connectivity index (χ3n) is 3.87. The van der Waals surface area contributed by atoms with Gasteiger partial charge in [-0.1, -0.05) is 23.7 Å². The van der Waals surface area contributed by atoms with E-state index in [1.165, 1.54) is 0 Å². The third kappa shape index (κ3) is 4.31. The van der Waals surface area contributed by atoms with E-state index >= 15 is 0 Å². The number of anilines is 2. The molecular formula is C19H19ClN2O3. The number of nitrogens with one attached hydrogen (secondary N) is 2. The second-order valence-corrected chi connectivity index (χ2v) is 6.25. The Kier molecular flexibility index (Phi) is 5.24. The first kappa shape index (κ1) is 17.3. The van der Waals surface area contributed by atoms with Crippen molar-refractivity contribution in [2.45, 2.75) is 19.8 Å². The number of halogens is 1. The van der Waals surface area contributed by atoms with E-state index in [0.29, 0.717) is 34.3 Å². The van der Waals surface area contributed by atoms with Crippen molar-refractivity contribution < 1.29 is 14.3 Å². The fourth-order valence-corrected chi connectivity index (χ4v) is 2.55. The van der Waals surface area contributed by atoms with Crippen LogP contribution in [0.4, 0.5) is 11.4 Å². The summed E-state index contributed by atoms with van der Waals surface area (Å²) >= 11 is 6.13. The molecule has 0 heterocycles. The summed E-state index contributed by atoms with van der Waals surface area (Å²) in [5.74, 6) is 0.313. The minimum Gasteiger partial charge on any atom is -0.492 e. The van der Waals surface area contributed by atoms with E-state index in [-0.39, 0.29) is 17.7 Å². The van der Waals surface area contributed by atoms with Crippen molar-refractivity contribution in [1.82, 2.24) is 0 Å². The van der Waals surface area contributed by atoms with Gasteiger partial charge in [0.2, 0.25) is 5.91 Å². The molecule has 0 spiro atoms. The lowest BCUT2D eigenvalue weighted by Crippen LogP contribution is -2.16. The van der Waals surface area contributed by atoms with Gasteiger partial charge in [-0.15, -0.1) is 0 Å². The lowest BCUT2D eigenvalue weighted by molar-refractivity contribution is -0.117. The molecule has 1 saturated carbocycles. The molecule has 1 fully saturated rings. The molecular weight excluding hydrogens is 340 g/mol. The molecule has 0 unspecified atom stereocenters. The summed E-state index contributed by atoms with van der Waals surface area (Å²) in [5.41, 5.74) is 1.44. The first-order valence-electron chi connectivity index (χ1n) is 8.22. The van der Waals surface area contributed by atoms with Gasteiger partial charge in [0, 0.05) is 11.5 Å². The molecule has 2 aromatic carbocycles. The lowest BCUT2D eigenvalue weighted by Gasteiger charge is -2.12. The molecule has 1 aliphatic carbocycles. The smallest absolute Gasteiger partial charge is 0.255 e. The van der Waals surface area contributed by atoms with Gasteiger partial charge in [0.05, 0.1) is 23.0 Å². The minimum absolute atomic E-state index is 0.0545. The molecule has 0 aromatic heterocycles. The zero-order valence-electron chi connectivity index (χ0n) is 13.8. The van der Waals surface area contributed by atoms with Gasteiger partial charge in [0.15, 0.2) is 0 Å². The first-order chi connectivity index (χ1) is 12.1. The second kappa shape index (κ2) is 7.57. The normalized spacial score (nSPS) is 13.2. The highest BCUT2D eigenvalue weighted by Crippen LogP contribution is 2.32. The van der Waals surface area contributed by atoms with Gasteiger partial charge in [-0.2, -0.15) is 0 Å². The standard InChI is InChI=1S/C19H19ClN2O3/c1-2-25-17-6-4-3-5-15(17)21-19(24)13-9-10-14(20)16(11-13)22-18(23)12-7-8-12/h3-6,9-12H,2,7-8H2,1H3,(H,21,24)(H,22,23). The van der Waals surface area contributed by atoms with Crippen molar-refractivity contribution >= 4 is 34.8 Å². The van der Waals surface area contributed by atoms with Gasteiger partial charge in [-0.05, 0) is 50.1 Å².